The molecule has 0 fully saturated rings. The number of aromatic nitrogens is 3. The van der Waals surface area contributed by atoms with Gasteiger partial charge < -0.3 is 9.72 Å². The predicted molar refractivity (Wildman–Crippen MR) is 142 cm³/mol. The molecule has 7 nitrogen and oxygen atoms in total. The third-order valence-electron chi connectivity index (χ3n) is 5.58. The summed E-state index contributed by atoms with van der Waals surface area (Å²) in [5, 5.41) is 5.66. The normalized spacial score (nSPS) is 11.8. The van der Waals surface area contributed by atoms with Crippen molar-refractivity contribution in [2.75, 3.05) is 5.32 Å². The highest BCUT2D eigenvalue weighted by Gasteiger charge is 2.25. The monoisotopic (exact) mass is 516 g/mol. The van der Waals surface area contributed by atoms with Crippen molar-refractivity contribution >= 4 is 51.0 Å². The van der Waals surface area contributed by atoms with Gasteiger partial charge in [-0.15, -0.1) is 11.3 Å². The second-order valence-electron chi connectivity index (χ2n) is 7.98. The number of esters is 1. The fourth-order valence-corrected chi connectivity index (χ4v) is 4.58. The number of rotatable bonds is 7. The number of nitrogens with zero attached hydrogens (tertiary/aromatic N) is 2. The Morgan fingerprint density at radius 3 is 2.56 bits per heavy atom. The first-order valence-corrected chi connectivity index (χ1v) is 12.5. The largest absolute Gasteiger partial charge is 0.449 e. The molecule has 36 heavy (non-hydrogen) atoms. The first-order valence-electron chi connectivity index (χ1n) is 11.3. The molecule has 0 aliphatic rings. The number of carbonyl (C=O) groups excluding carboxylic acids is 2. The third kappa shape index (κ3) is 5.00. The molecule has 2 N–H and O–H groups in total. The van der Waals surface area contributed by atoms with Crippen molar-refractivity contribution in [3.8, 4) is 22.6 Å². The van der Waals surface area contributed by atoms with Gasteiger partial charge in [0.15, 0.2) is 11.2 Å². The number of hydrogen-bond donors (Lipinski definition) is 2. The van der Waals surface area contributed by atoms with Gasteiger partial charge in [0, 0.05) is 21.5 Å². The fraction of sp³-hybridized carbons (Fsp3) is 0.111. The number of fused-ring (bicyclic) bond motifs is 1. The number of anilines is 1. The number of imidazole rings is 1. The zero-order valence-electron chi connectivity index (χ0n) is 19.2. The molecule has 0 saturated carbocycles. The maximum absolute atomic E-state index is 13.1. The zero-order valence-corrected chi connectivity index (χ0v) is 20.8. The van der Waals surface area contributed by atoms with Crippen molar-refractivity contribution in [3.05, 3.63) is 88.8 Å². The van der Waals surface area contributed by atoms with E-state index in [-0.39, 0.29) is 0 Å². The van der Waals surface area contributed by atoms with Crippen molar-refractivity contribution in [3.63, 3.8) is 0 Å². The van der Waals surface area contributed by atoms with Crippen molar-refractivity contribution in [1.82, 2.24) is 15.0 Å². The molecule has 0 aliphatic carbocycles. The first kappa shape index (κ1) is 23.7. The topological polar surface area (TPSA) is 97.0 Å². The van der Waals surface area contributed by atoms with Crippen LogP contribution in [0.4, 0.5) is 5.13 Å². The summed E-state index contributed by atoms with van der Waals surface area (Å²) in [5.41, 5.74) is 4.18. The van der Waals surface area contributed by atoms with Crippen LogP contribution in [0.3, 0.4) is 0 Å². The molecule has 180 valence electrons. The van der Waals surface area contributed by atoms with Crippen LogP contribution < -0.4 is 5.32 Å². The predicted octanol–water partition coefficient (Wildman–Crippen LogP) is 6.58. The van der Waals surface area contributed by atoms with Crippen LogP contribution in [0, 0.1) is 0 Å². The van der Waals surface area contributed by atoms with Crippen LogP contribution in [0.1, 0.15) is 23.7 Å². The number of thiazole rings is 1. The van der Waals surface area contributed by atoms with Gasteiger partial charge in [0.2, 0.25) is 0 Å². The van der Waals surface area contributed by atoms with Gasteiger partial charge in [-0.25, -0.2) is 14.8 Å². The lowest BCUT2D eigenvalue weighted by molar-refractivity contribution is -0.124. The van der Waals surface area contributed by atoms with Gasteiger partial charge in [0.1, 0.15) is 5.82 Å². The molecule has 5 aromatic rings. The highest BCUT2D eigenvalue weighted by Crippen LogP contribution is 2.27. The molecule has 3 aromatic carbocycles. The molecule has 1 unspecified atom stereocenters. The van der Waals surface area contributed by atoms with Gasteiger partial charge in [-0.1, -0.05) is 61.0 Å². The smallest absolute Gasteiger partial charge is 0.339 e. The molecule has 0 saturated heterocycles. The van der Waals surface area contributed by atoms with Gasteiger partial charge in [-0.3, -0.25) is 10.1 Å². The maximum atomic E-state index is 13.1. The Kier molecular flexibility index (Phi) is 6.79. The molecule has 2 heterocycles. The number of aromatic amines is 1. The summed E-state index contributed by atoms with van der Waals surface area (Å²) in [4.78, 5) is 38.3. The van der Waals surface area contributed by atoms with Crippen molar-refractivity contribution in [2.24, 2.45) is 0 Å². The number of halogens is 1. The summed E-state index contributed by atoms with van der Waals surface area (Å²) in [5.74, 6) is -0.489. The summed E-state index contributed by atoms with van der Waals surface area (Å²) < 4.78 is 5.63. The Balaban J connectivity index is 1.31. The minimum atomic E-state index is -0.982. The van der Waals surface area contributed by atoms with Crippen molar-refractivity contribution in [1.29, 1.82) is 0 Å². The molecule has 2 aromatic heterocycles. The second kappa shape index (κ2) is 10.3. The second-order valence-corrected chi connectivity index (χ2v) is 9.28. The van der Waals surface area contributed by atoms with Gasteiger partial charge in [0.05, 0.1) is 22.3 Å². The van der Waals surface area contributed by atoms with Gasteiger partial charge in [-0.2, -0.15) is 0 Å². The van der Waals surface area contributed by atoms with Gasteiger partial charge >= 0.3 is 5.97 Å². The van der Waals surface area contributed by atoms with E-state index in [0.717, 1.165) is 22.3 Å². The van der Waals surface area contributed by atoms with E-state index in [1.165, 1.54) is 11.3 Å². The number of hydrogen-bond acceptors (Lipinski definition) is 6. The number of amides is 1. The minimum Gasteiger partial charge on any atom is -0.449 e. The van der Waals surface area contributed by atoms with Crippen molar-refractivity contribution < 1.29 is 14.3 Å². The molecular weight excluding hydrogens is 496 g/mol. The van der Waals surface area contributed by atoms with Crippen LogP contribution >= 0.6 is 22.9 Å². The lowest BCUT2D eigenvalue weighted by Gasteiger charge is -2.16. The molecule has 0 aliphatic heterocycles. The van der Waals surface area contributed by atoms with Crippen LogP contribution in [0.2, 0.25) is 5.02 Å². The van der Waals surface area contributed by atoms with E-state index in [9.17, 15) is 9.59 Å². The number of para-hydroxylation sites is 2. The quantitative estimate of drug-likeness (QED) is 0.238. The van der Waals surface area contributed by atoms with E-state index in [1.54, 1.807) is 37.3 Å². The van der Waals surface area contributed by atoms with Crippen LogP contribution in [0.5, 0.6) is 0 Å². The van der Waals surface area contributed by atoms with Crippen LogP contribution in [-0.2, 0) is 9.53 Å². The zero-order chi connectivity index (χ0) is 25.1. The number of ether oxygens (including phenoxy) is 1. The number of nitrogens with one attached hydrogen (secondary N) is 2. The summed E-state index contributed by atoms with van der Waals surface area (Å²) >= 11 is 7.24. The summed E-state index contributed by atoms with van der Waals surface area (Å²) in [7, 11) is 0. The lowest BCUT2D eigenvalue weighted by Crippen LogP contribution is -2.32. The third-order valence-corrected chi connectivity index (χ3v) is 6.59. The van der Waals surface area contributed by atoms with Gasteiger partial charge in [-0.05, 0) is 36.8 Å². The molecule has 0 radical (unpaired) electrons. The van der Waals surface area contributed by atoms with E-state index in [4.69, 9.17) is 16.3 Å². The average Bonchev–Trinajstić information content (AvgIpc) is 3.54. The molecule has 0 spiro atoms. The number of H-pyrrole nitrogens is 1. The van der Waals surface area contributed by atoms with Crippen LogP contribution in [0.15, 0.2) is 78.2 Å². The van der Waals surface area contributed by atoms with E-state index in [1.807, 2.05) is 47.8 Å². The Hall–Kier alpha value is -4.01. The number of carbonyl (C=O) groups is 2. The van der Waals surface area contributed by atoms with Gasteiger partial charge in [0.25, 0.3) is 5.91 Å². The standard InChI is InChI=1S/C27H21ClN4O3S/c1-2-23(25(33)32-27-31-22(15-36-27)16-11-13-17(28)14-12-16)35-26(34)19-8-4-3-7-18(19)24-29-20-9-5-6-10-21(20)30-24/h3-15,23H,2H2,1H3,(H,29,30)(H,31,32,33). The Morgan fingerprint density at radius 2 is 1.78 bits per heavy atom. The number of benzene rings is 3. The van der Waals surface area contributed by atoms with Crippen LogP contribution in [-0.4, -0.2) is 32.9 Å². The minimum absolute atomic E-state index is 0.305. The highest BCUT2D eigenvalue weighted by molar-refractivity contribution is 7.14. The SMILES string of the molecule is CCC(OC(=O)c1ccccc1-c1nc2ccccc2[nH]1)C(=O)Nc1nc(-c2ccc(Cl)cc2)cs1. The Labute approximate surface area is 216 Å². The molecule has 1 atom stereocenters. The van der Waals surface area contributed by atoms with E-state index >= 15 is 0 Å². The Bertz CT molecular complexity index is 1510. The molecule has 5 rings (SSSR count). The first-order chi connectivity index (χ1) is 17.5. The van der Waals surface area contributed by atoms with Crippen LogP contribution in [0.25, 0.3) is 33.7 Å². The van der Waals surface area contributed by atoms with E-state index < -0.39 is 18.0 Å². The maximum Gasteiger partial charge on any atom is 0.339 e. The summed E-state index contributed by atoms with van der Waals surface area (Å²) in [6, 6.07) is 21.9. The lowest BCUT2D eigenvalue weighted by atomic mass is 10.1. The molecule has 1 amide bonds. The highest BCUT2D eigenvalue weighted by atomic mass is 35.5. The molecule has 9 heteroatoms. The van der Waals surface area contributed by atoms with E-state index in [0.29, 0.717) is 33.5 Å². The molecular formula is C27H21ClN4O3S. The summed E-state index contributed by atoms with van der Waals surface area (Å²) in [6.07, 6.45) is -0.677. The Morgan fingerprint density at radius 1 is 1.03 bits per heavy atom. The average molecular weight is 517 g/mol. The van der Waals surface area contributed by atoms with E-state index in [2.05, 4.69) is 20.3 Å². The molecule has 0 bridgehead atoms. The fourth-order valence-electron chi connectivity index (χ4n) is 3.73. The van der Waals surface area contributed by atoms with Crippen molar-refractivity contribution in [2.45, 2.75) is 19.4 Å². The summed E-state index contributed by atoms with van der Waals surface area (Å²) in [6.45, 7) is 1.78.